The van der Waals surface area contributed by atoms with Crippen LogP contribution in [0.5, 0.6) is 0 Å². The summed E-state index contributed by atoms with van der Waals surface area (Å²) in [4.78, 5) is 11.8. The van der Waals surface area contributed by atoms with Crippen LogP contribution in [0.3, 0.4) is 0 Å². The van der Waals surface area contributed by atoms with Gasteiger partial charge in [-0.05, 0) is 0 Å². The van der Waals surface area contributed by atoms with E-state index < -0.39 is 28.3 Å². The number of carbonyl (C=O) groups excluding carboxylic acids is 1. The minimum atomic E-state index is -2.08. The molecule has 0 fully saturated rings. The molecule has 1 aliphatic heterocycles. The van der Waals surface area contributed by atoms with Gasteiger partial charge in [0.1, 0.15) is 0 Å². The van der Waals surface area contributed by atoms with Crippen LogP contribution in [0, 0.1) is 13.0 Å². The van der Waals surface area contributed by atoms with Crippen molar-refractivity contribution in [2.45, 2.75) is 38.9 Å². The van der Waals surface area contributed by atoms with E-state index in [0.29, 0.717) is 0 Å². The summed E-state index contributed by atoms with van der Waals surface area (Å²) in [5.74, 6) is -0.190. The molecule has 0 spiro atoms. The number of fused-ring (bicyclic) bond motifs is 1. The van der Waals surface area contributed by atoms with E-state index in [2.05, 4.69) is 43.3 Å². The van der Waals surface area contributed by atoms with Gasteiger partial charge in [-0.15, -0.1) is 0 Å². The van der Waals surface area contributed by atoms with E-state index in [4.69, 9.17) is 3.07 Å². The molecule has 4 heteroatoms. The van der Waals surface area contributed by atoms with Crippen LogP contribution in [0.2, 0.25) is 18.1 Å². The summed E-state index contributed by atoms with van der Waals surface area (Å²) in [6.45, 7) is 11.3. The third kappa shape index (κ3) is 2.87. The Hall–Kier alpha value is -0.803. The van der Waals surface area contributed by atoms with Gasteiger partial charge in [-0.2, -0.15) is 0 Å². The van der Waals surface area contributed by atoms with Gasteiger partial charge >= 0.3 is 124 Å². The summed E-state index contributed by atoms with van der Waals surface area (Å²) >= 11 is -2.08. The summed E-state index contributed by atoms with van der Waals surface area (Å²) in [5, 5.41) is 0.236. The second-order valence-electron chi connectivity index (χ2n) is 6.19. The van der Waals surface area contributed by atoms with Crippen LogP contribution in [0.15, 0.2) is 24.3 Å². The van der Waals surface area contributed by atoms with Crippen LogP contribution in [0.25, 0.3) is 0 Å². The van der Waals surface area contributed by atoms with Crippen LogP contribution in [0.1, 0.15) is 31.1 Å². The SMILES string of the molecule is CC(C)(C)[Si](C)(C)C#CI1OC(=O)c2ccccc21. The number of hydrogen-bond donors (Lipinski definition) is 0. The third-order valence-electron chi connectivity index (χ3n) is 3.75. The molecule has 0 radical (unpaired) electrons. The number of carbonyl (C=O) groups is 1. The number of hydrogen-bond acceptors (Lipinski definition) is 2. The summed E-state index contributed by atoms with van der Waals surface area (Å²) in [6.07, 6.45) is 0. The molecule has 0 unspecified atom stereocenters. The fraction of sp³-hybridized carbons (Fsp3) is 0.400. The second kappa shape index (κ2) is 4.95. The number of rotatable bonds is 0. The van der Waals surface area contributed by atoms with Gasteiger partial charge in [-0.3, -0.25) is 0 Å². The first kappa shape index (κ1) is 14.6. The average Bonchev–Trinajstić information content (AvgIpc) is 2.63. The molecule has 0 saturated heterocycles. The van der Waals surface area contributed by atoms with E-state index in [1.165, 1.54) is 0 Å². The topological polar surface area (TPSA) is 26.3 Å². The summed E-state index contributed by atoms with van der Waals surface area (Å²) in [7, 11) is -1.63. The molecule has 0 aromatic heterocycles. The summed E-state index contributed by atoms with van der Waals surface area (Å²) in [5.41, 5.74) is 4.20. The van der Waals surface area contributed by atoms with Crippen molar-refractivity contribution in [2.24, 2.45) is 0 Å². The van der Waals surface area contributed by atoms with Crippen LogP contribution in [-0.2, 0) is 3.07 Å². The number of benzene rings is 1. The predicted octanol–water partition coefficient (Wildman–Crippen LogP) is 4.46. The van der Waals surface area contributed by atoms with Gasteiger partial charge in [0.2, 0.25) is 0 Å². The zero-order valence-corrected chi connectivity index (χ0v) is 15.2. The molecular weight excluding hydrogens is 367 g/mol. The molecule has 2 nitrogen and oxygen atoms in total. The Kier molecular flexibility index (Phi) is 3.80. The number of halogens is 1. The van der Waals surface area contributed by atoms with Gasteiger partial charge in [-0.1, -0.05) is 0 Å². The van der Waals surface area contributed by atoms with Crippen LogP contribution >= 0.6 is 20.2 Å². The summed E-state index contributed by atoms with van der Waals surface area (Å²) in [6, 6.07) is 7.66. The maximum atomic E-state index is 11.8. The van der Waals surface area contributed by atoms with E-state index in [-0.39, 0.29) is 11.0 Å². The Bertz CT molecular complexity index is 576. The first-order chi connectivity index (χ1) is 8.72. The Labute approximate surface area is 123 Å². The minimum absolute atomic E-state index is 0.190. The quantitative estimate of drug-likeness (QED) is 0.374. The molecule has 0 bridgehead atoms. The Morgan fingerprint density at radius 1 is 1.21 bits per heavy atom. The van der Waals surface area contributed by atoms with Crippen molar-refractivity contribution < 1.29 is 7.86 Å². The molecule has 102 valence electrons. The van der Waals surface area contributed by atoms with E-state index in [1.807, 2.05) is 24.3 Å². The van der Waals surface area contributed by atoms with E-state index in [1.54, 1.807) is 0 Å². The molecule has 0 aliphatic carbocycles. The van der Waals surface area contributed by atoms with Crippen LogP contribution < -0.4 is 0 Å². The molecule has 1 heterocycles. The van der Waals surface area contributed by atoms with Crippen molar-refractivity contribution in [3.05, 3.63) is 33.4 Å². The molecule has 2 rings (SSSR count). The van der Waals surface area contributed by atoms with E-state index in [0.717, 1.165) is 9.13 Å². The average molecular weight is 386 g/mol. The molecule has 0 N–H and O–H groups in total. The van der Waals surface area contributed by atoms with Crippen molar-refractivity contribution in [2.75, 3.05) is 0 Å². The molecule has 0 amide bonds. The predicted molar refractivity (Wildman–Crippen MR) is 89.5 cm³/mol. The van der Waals surface area contributed by atoms with Gasteiger partial charge < -0.3 is 0 Å². The normalized spacial score (nSPS) is 16.5. The van der Waals surface area contributed by atoms with Gasteiger partial charge in [0.15, 0.2) is 0 Å². The molecular formula is C15H19IO2Si. The zero-order chi connectivity index (χ0) is 14.3. The van der Waals surface area contributed by atoms with Gasteiger partial charge in [0.05, 0.1) is 0 Å². The first-order valence-electron chi connectivity index (χ1n) is 6.27. The molecule has 1 aromatic rings. The fourth-order valence-electron chi connectivity index (χ4n) is 1.35. The van der Waals surface area contributed by atoms with Crippen molar-refractivity contribution in [3.8, 4) is 9.47 Å². The first-order valence-corrected chi connectivity index (χ1v) is 12.3. The monoisotopic (exact) mass is 386 g/mol. The van der Waals surface area contributed by atoms with Gasteiger partial charge in [0, 0.05) is 0 Å². The van der Waals surface area contributed by atoms with E-state index in [9.17, 15) is 4.79 Å². The molecule has 0 saturated carbocycles. The Morgan fingerprint density at radius 3 is 2.47 bits per heavy atom. The van der Waals surface area contributed by atoms with Crippen molar-refractivity contribution in [1.82, 2.24) is 0 Å². The van der Waals surface area contributed by atoms with Crippen molar-refractivity contribution in [1.29, 1.82) is 0 Å². The van der Waals surface area contributed by atoms with Crippen molar-refractivity contribution in [3.63, 3.8) is 0 Å². The van der Waals surface area contributed by atoms with Gasteiger partial charge in [-0.25, -0.2) is 0 Å². The van der Waals surface area contributed by atoms with E-state index >= 15 is 0 Å². The molecule has 1 aliphatic rings. The Morgan fingerprint density at radius 2 is 1.84 bits per heavy atom. The maximum absolute atomic E-state index is 11.8. The zero-order valence-electron chi connectivity index (χ0n) is 12.0. The second-order valence-corrected chi connectivity index (χ2v) is 14.7. The Balaban J connectivity index is 2.31. The van der Waals surface area contributed by atoms with Crippen LogP contribution in [0.4, 0.5) is 0 Å². The molecule has 19 heavy (non-hydrogen) atoms. The fourth-order valence-corrected chi connectivity index (χ4v) is 7.54. The third-order valence-corrected chi connectivity index (χ3v) is 12.4. The standard InChI is InChI=1S/C15H19IO2Si/c1-15(2,3)19(4,5)11-10-16-13-9-7-6-8-12(13)14(17)18-16/h6-9H,1-5H3. The van der Waals surface area contributed by atoms with Crippen LogP contribution in [-0.4, -0.2) is 14.0 Å². The summed E-state index contributed by atoms with van der Waals surface area (Å²) < 4.78 is 9.90. The molecule has 1 aromatic carbocycles. The van der Waals surface area contributed by atoms with Crippen molar-refractivity contribution >= 4 is 34.3 Å². The van der Waals surface area contributed by atoms with Gasteiger partial charge in [0.25, 0.3) is 0 Å². The molecule has 0 atom stereocenters.